The van der Waals surface area contributed by atoms with Crippen LogP contribution in [0, 0.1) is 0 Å². The summed E-state index contributed by atoms with van der Waals surface area (Å²) in [6, 6.07) is 0. The van der Waals surface area contributed by atoms with Crippen molar-refractivity contribution >= 4 is 11.8 Å². The Morgan fingerprint density at radius 1 is 1.33 bits per heavy atom. The van der Waals surface area contributed by atoms with Crippen molar-refractivity contribution in [1.82, 2.24) is 0 Å². The van der Waals surface area contributed by atoms with E-state index in [1.165, 1.54) is 0 Å². The molecule has 0 aliphatic rings. The third-order valence-corrected chi connectivity index (χ3v) is 0.928. The Kier molecular flexibility index (Phi) is 11.5. The smallest absolute Gasteiger partial charge is 0.329 e. The second kappa shape index (κ2) is 10.1. The van der Waals surface area contributed by atoms with E-state index in [9.17, 15) is 9.59 Å². The van der Waals surface area contributed by atoms with Crippen molar-refractivity contribution in [2.75, 3.05) is 13.2 Å². The lowest BCUT2D eigenvalue weighted by Crippen LogP contribution is -2.05. The lowest BCUT2D eigenvalue weighted by molar-refractivity contribution is -0.142. The summed E-state index contributed by atoms with van der Waals surface area (Å²) in [5.74, 6) is -0.660. The maximum atomic E-state index is 9.81. The Balaban J connectivity index is 0. The molecule has 0 bridgehead atoms. The molecule has 0 saturated carbocycles. The van der Waals surface area contributed by atoms with Crippen LogP contribution in [0.25, 0.3) is 0 Å². The fraction of sp³-hybridized carbons (Fsp3) is 0.750. The van der Waals surface area contributed by atoms with Crippen molar-refractivity contribution < 1.29 is 19.4 Å². The topological polar surface area (TPSA) is 63.6 Å². The Bertz CT molecular complexity index is 131. The molecule has 0 fully saturated rings. The molecule has 0 amide bonds. The largest absolute Gasteiger partial charge is 0.480 e. The Hall–Kier alpha value is -0.900. The molecule has 0 rings (SSSR count). The minimum Gasteiger partial charge on any atom is -0.480 e. The normalized spacial score (nSPS) is 8.25. The molecule has 1 N–H and O–H groups in total. The first-order valence-electron chi connectivity index (χ1n) is 3.83. The summed E-state index contributed by atoms with van der Waals surface area (Å²) in [4.78, 5) is 19.4. The van der Waals surface area contributed by atoms with Crippen LogP contribution >= 0.6 is 0 Å². The van der Waals surface area contributed by atoms with Crippen molar-refractivity contribution in [3.8, 4) is 0 Å². The second-order valence-corrected chi connectivity index (χ2v) is 2.09. The average molecular weight is 176 g/mol. The van der Waals surface area contributed by atoms with Gasteiger partial charge in [0.2, 0.25) is 0 Å². The summed E-state index contributed by atoms with van der Waals surface area (Å²) >= 11 is 0. The average Bonchev–Trinajstić information content (AvgIpc) is 2.02. The first-order valence-corrected chi connectivity index (χ1v) is 3.83. The number of carbonyl (C=O) groups excluding carboxylic acids is 1. The van der Waals surface area contributed by atoms with Gasteiger partial charge in [-0.3, -0.25) is 0 Å². The second-order valence-electron chi connectivity index (χ2n) is 2.09. The zero-order valence-electron chi connectivity index (χ0n) is 7.79. The highest BCUT2D eigenvalue weighted by Gasteiger charge is 1.90. The summed E-state index contributed by atoms with van der Waals surface area (Å²) in [6.07, 6.45) is 0.667. The van der Waals surface area contributed by atoms with Crippen LogP contribution in [0.3, 0.4) is 0 Å². The molecule has 0 heterocycles. The van der Waals surface area contributed by atoms with Crippen molar-refractivity contribution in [3.05, 3.63) is 0 Å². The van der Waals surface area contributed by atoms with E-state index in [1.807, 2.05) is 6.92 Å². The molecule has 12 heavy (non-hydrogen) atoms. The number of ether oxygens (including phenoxy) is 1. The monoisotopic (exact) mass is 176 g/mol. The van der Waals surface area contributed by atoms with Crippen LogP contribution < -0.4 is 0 Å². The molecule has 0 aliphatic carbocycles. The molecule has 4 nitrogen and oxygen atoms in total. The van der Waals surface area contributed by atoms with Gasteiger partial charge in [0.05, 0.1) is 0 Å². The van der Waals surface area contributed by atoms with Crippen molar-refractivity contribution in [2.45, 2.75) is 27.2 Å². The molecule has 0 spiro atoms. The number of aliphatic carboxylic acids is 1. The number of hydrogen-bond donors (Lipinski definition) is 1. The van der Waals surface area contributed by atoms with E-state index in [0.717, 1.165) is 0 Å². The summed E-state index contributed by atoms with van der Waals surface area (Å²) in [5.41, 5.74) is 0. The van der Waals surface area contributed by atoms with Gasteiger partial charge in [-0.05, 0) is 13.8 Å². The van der Waals surface area contributed by atoms with Crippen LogP contribution in [0.4, 0.5) is 0 Å². The third kappa shape index (κ3) is 23.0. The molecule has 0 aromatic carbocycles. The first-order chi connectivity index (χ1) is 5.54. The van der Waals surface area contributed by atoms with Gasteiger partial charge >= 0.3 is 5.97 Å². The number of hydrogen-bond acceptors (Lipinski definition) is 3. The van der Waals surface area contributed by atoms with Crippen LogP contribution in [-0.4, -0.2) is 30.1 Å². The molecule has 0 radical (unpaired) electrons. The van der Waals surface area contributed by atoms with Crippen LogP contribution in [0.2, 0.25) is 0 Å². The summed E-state index contributed by atoms with van der Waals surface area (Å²) < 4.78 is 4.50. The highest BCUT2D eigenvalue weighted by Crippen LogP contribution is 1.71. The van der Waals surface area contributed by atoms with Gasteiger partial charge in [-0.1, -0.05) is 6.92 Å². The third-order valence-electron chi connectivity index (χ3n) is 0.928. The minimum absolute atomic E-state index is 0.184. The van der Waals surface area contributed by atoms with Crippen LogP contribution in [0.5, 0.6) is 0 Å². The number of carbonyl (C=O) groups is 2. The highest BCUT2D eigenvalue weighted by molar-refractivity contribution is 5.74. The predicted molar refractivity (Wildman–Crippen MR) is 45.1 cm³/mol. The van der Waals surface area contributed by atoms with Crippen LogP contribution in [0.15, 0.2) is 0 Å². The Labute approximate surface area is 72.5 Å². The van der Waals surface area contributed by atoms with E-state index in [2.05, 4.69) is 4.74 Å². The molecule has 0 aromatic rings. The zero-order valence-corrected chi connectivity index (χ0v) is 7.79. The maximum Gasteiger partial charge on any atom is 0.329 e. The van der Waals surface area contributed by atoms with Crippen molar-refractivity contribution in [3.63, 3.8) is 0 Å². The Morgan fingerprint density at radius 3 is 1.83 bits per heavy atom. The molecular weight excluding hydrogens is 160 g/mol. The highest BCUT2D eigenvalue weighted by atomic mass is 16.5. The standard InChI is InChI=1S/C4H8O3.C4H8O/c1-2-7-3-4(5)6;1-3-4(2)5/h2-3H2,1H3,(H,5,6);3H2,1-2H3. The summed E-state index contributed by atoms with van der Waals surface area (Å²) in [7, 11) is 0. The van der Waals surface area contributed by atoms with Gasteiger partial charge in [0, 0.05) is 13.0 Å². The van der Waals surface area contributed by atoms with Gasteiger partial charge in [-0.2, -0.15) is 0 Å². The Morgan fingerprint density at radius 2 is 1.75 bits per heavy atom. The van der Waals surface area contributed by atoms with Crippen molar-refractivity contribution in [1.29, 1.82) is 0 Å². The fourth-order valence-corrected chi connectivity index (χ4v) is 0.189. The van der Waals surface area contributed by atoms with Gasteiger partial charge in [-0.15, -0.1) is 0 Å². The molecule has 0 unspecified atom stereocenters. The fourth-order valence-electron chi connectivity index (χ4n) is 0.189. The van der Waals surface area contributed by atoms with Crippen molar-refractivity contribution in [2.24, 2.45) is 0 Å². The van der Waals surface area contributed by atoms with E-state index in [0.29, 0.717) is 13.0 Å². The quantitative estimate of drug-likeness (QED) is 0.696. The van der Waals surface area contributed by atoms with Crippen LogP contribution in [-0.2, 0) is 14.3 Å². The molecule has 0 aliphatic heterocycles. The molecule has 72 valence electrons. The lowest BCUT2D eigenvalue weighted by Gasteiger charge is -1.90. The molecule has 4 heteroatoms. The molecule has 0 saturated heterocycles. The van der Waals surface area contributed by atoms with Gasteiger partial charge in [0.25, 0.3) is 0 Å². The SMILES string of the molecule is CCC(C)=O.CCOCC(=O)O. The summed E-state index contributed by atoms with van der Waals surface area (Å²) in [6.45, 7) is 5.47. The minimum atomic E-state index is -0.915. The van der Waals surface area contributed by atoms with E-state index < -0.39 is 5.97 Å². The molecular formula is C8H16O4. The van der Waals surface area contributed by atoms with E-state index in [4.69, 9.17) is 5.11 Å². The number of carboxylic acids is 1. The maximum absolute atomic E-state index is 9.81. The molecule has 0 aromatic heterocycles. The van der Waals surface area contributed by atoms with E-state index in [-0.39, 0.29) is 12.4 Å². The van der Waals surface area contributed by atoms with Gasteiger partial charge in [-0.25, -0.2) is 4.79 Å². The van der Waals surface area contributed by atoms with E-state index >= 15 is 0 Å². The van der Waals surface area contributed by atoms with Crippen LogP contribution in [0.1, 0.15) is 27.2 Å². The lowest BCUT2D eigenvalue weighted by atomic mass is 10.4. The van der Waals surface area contributed by atoms with Gasteiger partial charge in [0.1, 0.15) is 12.4 Å². The van der Waals surface area contributed by atoms with Gasteiger partial charge < -0.3 is 14.6 Å². The summed E-state index contributed by atoms with van der Waals surface area (Å²) in [5, 5.41) is 7.92. The first kappa shape index (κ1) is 13.7. The predicted octanol–water partition coefficient (Wildman–Crippen LogP) is 1.09. The number of rotatable bonds is 4. The van der Waals surface area contributed by atoms with Gasteiger partial charge in [0.15, 0.2) is 0 Å². The van der Waals surface area contributed by atoms with E-state index in [1.54, 1.807) is 13.8 Å². The number of carboxylic acid groups (broad SMARTS) is 1. The zero-order chi connectivity index (χ0) is 9.98. The number of ketones is 1. The number of Topliss-reactive ketones (excluding diaryl/α,β-unsaturated/α-hetero) is 1. The molecule has 0 atom stereocenters.